The minimum atomic E-state index is -1.00. The van der Waals surface area contributed by atoms with E-state index in [4.69, 9.17) is 16.7 Å². The van der Waals surface area contributed by atoms with E-state index in [-0.39, 0.29) is 9.90 Å². The van der Waals surface area contributed by atoms with Crippen molar-refractivity contribution in [2.75, 3.05) is 5.32 Å². The third kappa shape index (κ3) is 3.02. The van der Waals surface area contributed by atoms with E-state index in [9.17, 15) is 9.18 Å². The van der Waals surface area contributed by atoms with Crippen molar-refractivity contribution >= 4 is 39.7 Å². The molecule has 0 aliphatic carbocycles. The Morgan fingerprint density at radius 2 is 2.32 bits per heavy atom. The second-order valence-corrected chi connectivity index (χ2v) is 5.11. The van der Waals surface area contributed by atoms with Gasteiger partial charge in [0.05, 0.1) is 10.7 Å². The zero-order valence-corrected chi connectivity index (χ0v) is 11.5. The van der Waals surface area contributed by atoms with Crippen molar-refractivity contribution in [1.29, 1.82) is 0 Å². The molecule has 0 aliphatic rings. The highest BCUT2D eigenvalue weighted by Gasteiger charge is 2.16. The van der Waals surface area contributed by atoms with Crippen LogP contribution in [0.15, 0.2) is 18.2 Å². The minimum Gasteiger partial charge on any atom is -0.477 e. The molecule has 2 rings (SSSR count). The van der Waals surface area contributed by atoms with E-state index in [1.54, 1.807) is 0 Å². The van der Waals surface area contributed by atoms with E-state index in [0.717, 1.165) is 11.3 Å². The van der Waals surface area contributed by atoms with Crippen molar-refractivity contribution < 1.29 is 14.3 Å². The Balaban J connectivity index is 2.28. The van der Waals surface area contributed by atoms with E-state index in [0.29, 0.717) is 22.9 Å². The predicted molar refractivity (Wildman–Crippen MR) is 73.1 cm³/mol. The van der Waals surface area contributed by atoms with E-state index in [1.807, 2.05) is 6.92 Å². The number of anilines is 2. The Kier molecular flexibility index (Phi) is 4.01. The third-order valence-corrected chi connectivity index (χ3v) is 3.69. The Hall–Kier alpha value is -1.66. The number of rotatable bonds is 4. The molecule has 0 bridgehead atoms. The summed E-state index contributed by atoms with van der Waals surface area (Å²) in [5.74, 6) is -1.51. The summed E-state index contributed by atoms with van der Waals surface area (Å²) in [7, 11) is 0. The molecule has 0 amide bonds. The third-order valence-electron chi connectivity index (χ3n) is 2.40. The van der Waals surface area contributed by atoms with Crippen molar-refractivity contribution in [2.24, 2.45) is 0 Å². The van der Waals surface area contributed by atoms with Crippen LogP contribution >= 0.6 is 22.9 Å². The number of halogens is 2. The molecule has 1 heterocycles. The Bertz CT molecular complexity index is 630. The van der Waals surface area contributed by atoms with Gasteiger partial charge in [0.2, 0.25) is 0 Å². The summed E-state index contributed by atoms with van der Waals surface area (Å²) >= 11 is 6.71. The van der Waals surface area contributed by atoms with Gasteiger partial charge in [0, 0.05) is 5.69 Å². The number of benzene rings is 1. The topological polar surface area (TPSA) is 62.2 Å². The molecule has 0 atom stereocenters. The number of carbonyl (C=O) groups is 1. The van der Waals surface area contributed by atoms with Crippen LogP contribution in [0.3, 0.4) is 0 Å². The summed E-state index contributed by atoms with van der Waals surface area (Å²) in [6.45, 7) is 1.83. The largest absolute Gasteiger partial charge is 0.477 e. The number of aryl methyl sites for hydroxylation is 1. The van der Waals surface area contributed by atoms with Gasteiger partial charge in [0.1, 0.15) is 10.7 Å². The molecule has 2 aromatic rings. The van der Waals surface area contributed by atoms with Crippen LogP contribution in [0.25, 0.3) is 0 Å². The van der Waals surface area contributed by atoms with Gasteiger partial charge in [-0.3, -0.25) is 0 Å². The fourth-order valence-corrected chi connectivity index (χ4v) is 2.60. The molecule has 0 aliphatic heterocycles. The summed E-state index contributed by atoms with van der Waals surface area (Å²) in [6.07, 6.45) is 0.532. The first-order valence-electron chi connectivity index (χ1n) is 5.46. The predicted octanol–water partition coefficient (Wildman–Crippen LogP) is 3.94. The van der Waals surface area contributed by atoms with E-state index in [2.05, 4.69) is 10.3 Å². The lowest BCUT2D eigenvalue weighted by molar-refractivity contribution is 0.0701. The number of carboxylic acid groups (broad SMARTS) is 1. The molecule has 7 heteroatoms. The SMILES string of the molecule is CCc1nc(Nc2ccc(F)c(Cl)c2)sc1C(=O)O. The highest BCUT2D eigenvalue weighted by Crippen LogP contribution is 2.28. The summed E-state index contributed by atoms with van der Waals surface area (Å²) in [5, 5.41) is 12.4. The highest BCUT2D eigenvalue weighted by molar-refractivity contribution is 7.17. The van der Waals surface area contributed by atoms with Gasteiger partial charge in [-0.25, -0.2) is 14.2 Å². The number of hydrogen-bond donors (Lipinski definition) is 2. The summed E-state index contributed by atoms with van der Waals surface area (Å²) in [5.41, 5.74) is 1.08. The minimum absolute atomic E-state index is 0.00395. The van der Waals surface area contributed by atoms with E-state index < -0.39 is 11.8 Å². The van der Waals surface area contributed by atoms with Gasteiger partial charge in [-0.15, -0.1) is 0 Å². The van der Waals surface area contributed by atoms with Crippen LogP contribution in [0.5, 0.6) is 0 Å². The molecular formula is C12H10ClFN2O2S. The number of thiazole rings is 1. The molecule has 19 heavy (non-hydrogen) atoms. The van der Waals surface area contributed by atoms with E-state index in [1.165, 1.54) is 18.2 Å². The molecule has 0 unspecified atom stereocenters. The maximum absolute atomic E-state index is 13.0. The molecule has 1 aromatic heterocycles. The number of hydrogen-bond acceptors (Lipinski definition) is 4. The lowest BCUT2D eigenvalue weighted by Gasteiger charge is -2.03. The number of nitrogens with zero attached hydrogens (tertiary/aromatic N) is 1. The van der Waals surface area contributed by atoms with Crippen LogP contribution in [-0.2, 0) is 6.42 Å². The van der Waals surface area contributed by atoms with Gasteiger partial charge in [0.15, 0.2) is 5.13 Å². The van der Waals surface area contributed by atoms with Gasteiger partial charge in [0.25, 0.3) is 0 Å². The number of aromatic carboxylic acids is 1. The standard InChI is InChI=1S/C12H10ClFN2O2S/c1-2-9-10(11(17)18)19-12(16-9)15-6-3-4-8(14)7(13)5-6/h3-5H,2H2,1H3,(H,15,16)(H,17,18). The first-order valence-corrected chi connectivity index (χ1v) is 6.65. The van der Waals surface area contributed by atoms with Crippen LogP contribution in [0.2, 0.25) is 5.02 Å². The first-order chi connectivity index (χ1) is 9.01. The highest BCUT2D eigenvalue weighted by atomic mass is 35.5. The molecule has 0 radical (unpaired) electrons. The van der Waals surface area contributed by atoms with Gasteiger partial charge in [-0.05, 0) is 24.6 Å². The van der Waals surface area contributed by atoms with Gasteiger partial charge in [-0.1, -0.05) is 29.9 Å². The Morgan fingerprint density at radius 3 is 2.84 bits per heavy atom. The Labute approximate surface area is 117 Å². The molecule has 0 fully saturated rings. The number of carboxylic acids is 1. The van der Waals surface area contributed by atoms with Crippen molar-refractivity contribution in [3.8, 4) is 0 Å². The molecule has 0 spiro atoms. The molecule has 100 valence electrons. The average molecular weight is 301 g/mol. The van der Waals surface area contributed by atoms with Gasteiger partial charge < -0.3 is 10.4 Å². The molecule has 1 aromatic carbocycles. The maximum atomic E-state index is 13.0. The quantitative estimate of drug-likeness (QED) is 0.898. The lowest BCUT2D eigenvalue weighted by atomic mass is 10.3. The van der Waals surface area contributed by atoms with Crippen LogP contribution in [0.4, 0.5) is 15.2 Å². The smallest absolute Gasteiger partial charge is 0.347 e. The monoisotopic (exact) mass is 300 g/mol. The summed E-state index contributed by atoms with van der Waals surface area (Å²) in [4.78, 5) is 15.4. The van der Waals surface area contributed by atoms with Crippen molar-refractivity contribution in [3.63, 3.8) is 0 Å². The van der Waals surface area contributed by atoms with Crippen molar-refractivity contribution in [2.45, 2.75) is 13.3 Å². The van der Waals surface area contributed by atoms with Crippen LogP contribution in [-0.4, -0.2) is 16.1 Å². The lowest BCUT2D eigenvalue weighted by Crippen LogP contribution is -1.97. The Morgan fingerprint density at radius 1 is 1.58 bits per heavy atom. The zero-order chi connectivity index (χ0) is 14.0. The molecule has 2 N–H and O–H groups in total. The maximum Gasteiger partial charge on any atom is 0.347 e. The van der Waals surface area contributed by atoms with Gasteiger partial charge >= 0.3 is 5.97 Å². The van der Waals surface area contributed by atoms with E-state index >= 15 is 0 Å². The number of nitrogens with one attached hydrogen (secondary N) is 1. The first kappa shape index (κ1) is 13.8. The molecule has 0 saturated carbocycles. The van der Waals surface area contributed by atoms with Crippen molar-refractivity contribution in [1.82, 2.24) is 4.98 Å². The number of aromatic nitrogens is 1. The second-order valence-electron chi connectivity index (χ2n) is 3.71. The molecular weight excluding hydrogens is 291 g/mol. The normalized spacial score (nSPS) is 10.5. The fourth-order valence-electron chi connectivity index (χ4n) is 1.51. The van der Waals surface area contributed by atoms with Gasteiger partial charge in [-0.2, -0.15) is 0 Å². The second kappa shape index (κ2) is 5.54. The molecule has 4 nitrogen and oxygen atoms in total. The van der Waals surface area contributed by atoms with Crippen LogP contribution in [0, 0.1) is 5.82 Å². The summed E-state index contributed by atoms with van der Waals surface area (Å²) in [6, 6.07) is 4.16. The van der Waals surface area contributed by atoms with Crippen LogP contribution in [0.1, 0.15) is 22.3 Å². The summed E-state index contributed by atoms with van der Waals surface area (Å²) < 4.78 is 13.0. The zero-order valence-electron chi connectivity index (χ0n) is 9.91. The average Bonchev–Trinajstić information content (AvgIpc) is 2.77. The van der Waals surface area contributed by atoms with Crippen molar-refractivity contribution in [3.05, 3.63) is 39.6 Å². The molecule has 0 saturated heterocycles. The van der Waals surface area contributed by atoms with Crippen LogP contribution < -0.4 is 5.32 Å². The fraction of sp³-hybridized carbons (Fsp3) is 0.167.